The van der Waals surface area contributed by atoms with Crippen LogP contribution in [0.5, 0.6) is 0 Å². The van der Waals surface area contributed by atoms with E-state index in [4.69, 9.17) is 11.6 Å². The van der Waals surface area contributed by atoms with Crippen LogP contribution in [-0.2, 0) is 6.54 Å². The van der Waals surface area contributed by atoms with E-state index in [-0.39, 0.29) is 22.5 Å². The van der Waals surface area contributed by atoms with Crippen molar-refractivity contribution in [3.63, 3.8) is 0 Å². The van der Waals surface area contributed by atoms with Crippen LogP contribution in [0.4, 0.5) is 4.39 Å². The molecule has 4 rings (SSSR count). The number of imidazole rings is 1. The van der Waals surface area contributed by atoms with Crippen molar-refractivity contribution in [2.75, 3.05) is 6.54 Å². The van der Waals surface area contributed by atoms with Gasteiger partial charge in [-0.25, -0.2) is 14.4 Å². The summed E-state index contributed by atoms with van der Waals surface area (Å²) in [6.07, 6.45) is 1.76. The Balaban J connectivity index is 1.64. The van der Waals surface area contributed by atoms with Crippen molar-refractivity contribution < 1.29 is 9.18 Å². The predicted molar refractivity (Wildman–Crippen MR) is 96.7 cm³/mol. The van der Waals surface area contributed by atoms with Gasteiger partial charge in [-0.3, -0.25) is 4.79 Å². The standard InChI is InChI=1S/C17H15ClFN5OS/c1-9-14-8-20-15(16-21-10(2)22-26-16)24(14)6-5-23(9)17(25)11-3-4-12(18)13(19)7-11/h3-4,7-9H,5-6H2,1-2H3/t9-/m1/s1. The van der Waals surface area contributed by atoms with E-state index >= 15 is 0 Å². The van der Waals surface area contributed by atoms with Crippen LogP contribution in [0.2, 0.25) is 5.02 Å². The Morgan fingerprint density at radius 2 is 2.19 bits per heavy atom. The third-order valence-electron chi connectivity index (χ3n) is 4.49. The molecule has 1 aromatic carbocycles. The van der Waals surface area contributed by atoms with Gasteiger partial charge in [0.1, 0.15) is 11.6 Å². The summed E-state index contributed by atoms with van der Waals surface area (Å²) in [5, 5.41) is 0.767. The summed E-state index contributed by atoms with van der Waals surface area (Å²) in [6.45, 7) is 4.87. The molecule has 134 valence electrons. The van der Waals surface area contributed by atoms with E-state index < -0.39 is 5.82 Å². The highest BCUT2D eigenvalue weighted by Gasteiger charge is 2.31. The first kappa shape index (κ1) is 17.1. The van der Waals surface area contributed by atoms with Gasteiger partial charge in [0, 0.05) is 18.7 Å². The maximum Gasteiger partial charge on any atom is 0.254 e. The largest absolute Gasteiger partial charge is 0.329 e. The Hall–Kier alpha value is -2.32. The van der Waals surface area contributed by atoms with Crippen LogP contribution in [0.1, 0.15) is 34.8 Å². The Bertz CT molecular complexity index is 1000. The fourth-order valence-electron chi connectivity index (χ4n) is 3.15. The molecule has 6 nitrogen and oxygen atoms in total. The van der Waals surface area contributed by atoms with Crippen molar-refractivity contribution in [2.45, 2.75) is 26.4 Å². The second kappa shape index (κ2) is 6.44. The Morgan fingerprint density at radius 1 is 1.38 bits per heavy atom. The molecule has 0 unspecified atom stereocenters. The normalized spacial score (nSPS) is 16.6. The zero-order chi connectivity index (χ0) is 18.4. The molecular weight excluding hydrogens is 377 g/mol. The van der Waals surface area contributed by atoms with Gasteiger partial charge in [-0.05, 0) is 43.6 Å². The van der Waals surface area contributed by atoms with Gasteiger partial charge in [-0.15, -0.1) is 0 Å². The number of amides is 1. The highest BCUT2D eigenvalue weighted by atomic mass is 35.5. The minimum atomic E-state index is -0.596. The summed E-state index contributed by atoms with van der Waals surface area (Å²) in [7, 11) is 0. The maximum absolute atomic E-state index is 13.7. The van der Waals surface area contributed by atoms with Crippen molar-refractivity contribution in [2.24, 2.45) is 0 Å². The van der Waals surface area contributed by atoms with Gasteiger partial charge >= 0.3 is 0 Å². The Labute approximate surface area is 158 Å². The topological polar surface area (TPSA) is 63.9 Å². The molecule has 3 heterocycles. The van der Waals surface area contributed by atoms with E-state index in [1.165, 1.54) is 23.7 Å². The number of benzene rings is 1. The van der Waals surface area contributed by atoms with Crippen molar-refractivity contribution >= 4 is 29.0 Å². The number of carbonyl (C=O) groups excluding carboxylic acids is 1. The van der Waals surface area contributed by atoms with Crippen LogP contribution >= 0.6 is 23.1 Å². The van der Waals surface area contributed by atoms with Crippen molar-refractivity contribution in [3.8, 4) is 10.8 Å². The van der Waals surface area contributed by atoms with Gasteiger partial charge in [-0.2, -0.15) is 4.37 Å². The van der Waals surface area contributed by atoms with Crippen molar-refractivity contribution in [3.05, 3.63) is 52.3 Å². The highest BCUT2D eigenvalue weighted by molar-refractivity contribution is 7.09. The minimum absolute atomic E-state index is 0.00307. The smallest absolute Gasteiger partial charge is 0.254 e. The molecule has 0 radical (unpaired) electrons. The lowest BCUT2D eigenvalue weighted by Gasteiger charge is -2.35. The van der Waals surface area contributed by atoms with Crippen LogP contribution in [0.15, 0.2) is 24.4 Å². The lowest BCUT2D eigenvalue weighted by atomic mass is 10.1. The van der Waals surface area contributed by atoms with E-state index in [0.29, 0.717) is 18.9 Å². The predicted octanol–water partition coefficient (Wildman–Crippen LogP) is 3.72. The highest BCUT2D eigenvalue weighted by Crippen LogP contribution is 2.32. The number of aromatic nitrogens is 4. The van der Waals surface area contributed by atoms with Gasteiger partial charge in [0.15, 0.2) is 10.8 Å². The quantitative estimate of drug-likeness (QED) is 0.667. The van der Waals surface area contributed by atoms with Gasteiger partial charge in [0.05, 0.1) is 23.0 Å². The van der Waals surface area contributed by atoms with Crippen molar-refractivity contribution in [1.82, 2.24) is 23.8 Å². The molecule has 0 fully saturated rings. The lowest BCUT2D eigenvalue weighted by Crippen LogP contribution is -2.41. The maximum atomic E-state index is 13.7. The molecule has 26 heavy (non-hydrogen) atoms. The second-order valence-electron chi connectivity index (χ2n) is 6.11. The van der Waals surface area contributed by atoms with E-state index in [0.717, 1.165) is 16.5 Å². The van der Waals surface area contributed by atoms with Crippen LogP contribution in [0.3, 0.4) is 0 Å². The van der Waals surface area contributed by atoms with Gasteiger partial charge < -0.3 is 9.47 Å². The molecule has 2 aromatic heterocycles. The first-order valence-electron chi connectivity index (χ1n) is 8.08. The lowest BCUT2D eigenvalue weighted by molar-refractivity contribution is 0.0644. The molecule has 0 bridgehead atoms. The molecular formula is C17H15ClFN5OS. The van der Waals surface area contributed by atoms with E-state index in [1.54, 1.807) is 17.2 Å². The summed E-state index contributed by atoms with van der Waals surface area (Å²) in [5.41, 5.74) is 1.20. The average Bonchev–Trinajstić information content (AvgIpc) is 3.23. The fraction of sp³-hybridized carbons (Fsp3) is 0.294. The molecule has 0 aliphatic carbocycles. The second-order valence-corrected chi connectivity index (χ2v) is 7.27. The summed E-state index contributed by atoms with van der Waals surface area (Å²) in [4.78, 5) is 23.4. The van der Waals surface area contributed by atoms with Crippen LogP contribution in [-0.4, -0.2) is 36.3 Å². The van der Waals surface area contributed by atoms with Crippen LogP contribution < -0.4 is 0 Å². The molecule has 0 saturated carbocycles. The number of aryl methyl sites for hydroxylation is 1. The Kier molecular flexibility index (Phi) is 4.24. The minimum Gasteiger partial charge on any atom is -0.329 e. The van der Waals surface area contributed by atoms with Gasteiger partial charge in [0.2, 0.25) is 0 Å². The first-order valence-corrected chi connectivity index (χ1v) is 9.23. The van der Waals surface area contributed by atoms with E-state index in [2.05, 4.69) is 18.9 Å². The molecule has 3 aromatic rings. The first-order chi connectivity index (χ1) is 12.5. The van der Waals surface area contributed by atoms with Gasteiger partial charge in [0.25, 0.3) is 5.91 Å². The average molecular weight is 392 g/mol. The molecule has 0 N–H and O–H groups in total. The summed E-state index contributed by atoms with van der Waals surface area (Å²) in [6, 6.07) is 3.93. The zero-order valence-corrected chi connectivity index (χ0v) is 15.7. The molecule has 1 atom stereocenters. The number of fused-ring (bicyclic) bond motifs is 1. The summed E-state index contributed by atoms with van der Waals surface area (Å²) >= 11 is 7.02. The number of nitrogens with zero attached hydrogens (tertiary/aromatic N) is 5. The summed E-state index contributed by atoms with van der Waals surface area (Å²) < 4.78 is 20.0. The number of rotatable bonds is 2. The fourth-order valence-corrected chi connectivity index (χ4v) is 3.94. The van der Waals surface area contributed by atoms with E-state index in [9.17, 15) is 9.18 Å². The summed E-state index contributed by atoms with van der Waals surface area (Å²) in [5.74, 6) is 0.657. The Morgan fingerprint density at radius 3 is 2.88 bits per heavy atom. The third kappa shape index (κ3) is 2.79. The van der Waals surface area contributed by atoms with Crippen LogP contribution in [0.25, 0.3) is 10.8 Å². The number of hydrogen-bond donors (Lipinski definition) is 0. The molecule has 0 spiro atoms. The molecule has 1 aliphatic rings. The third-order valence-corrected chi connectivity index (χ3v) is 5.60. The van der Waals surface area contributed by atoms with Gasteiger partial charge in [-0.1, -0.05) is 11.6 Å². The van der Waals surface area contributed by atoms with Crippen LogP contribution in [0, 0.1) is 12.7 Å². The number of halogens is 2. The number of hydrogen-bond acceptors (Lipinski definition) is 5. The molecule has 1 aliphatic heterocycles. The molecule has 9 heteroatoms. The molecule has 1 amide bonds. The SMILES string of the molecule is Cc1nsc(-c2ncc3n2CCN(C(=O)c2ccc(Cl)c(F)c2)[C@@H]3C)n1. The monoisotopic (exact) mass is 391 g/mol. The zero-order valence-electron chi connectivity index (χ0n) is 14.1. The van der Waals surface area contributed by atoms with Crippen molar-refractivity contribution in [1.29, 1.82) is 0 Å². The van der Waals surface area contributed by atoms with E-state index in [1.807, 2.05) is 13.8 Å². The molecule has 0 saturated heterocycles. The number of carbonyl (C=O) groups is 1.